The molecule has 4 atom stereocenters. The van der Waals surface area contributed by atoms with Crippen molar-refractivity contribution in [2.24, 2.45) is 5.92 Å². The number of rotatable bonds is 11. The highest BCUT2D eigenvalue weighted by atomic mass is 16.5. The predicted molar refractivity (Wildman–Crippen MR) is 229 cm³/mol. The van der Waals surface area contributed by atoms with Crippen LogP contribution in [0.1, 0.15) is 68.4 Å². The number of imidazole rings is 2. The lowest BCUT2D eigenvalue weighted by Crippen LogP contribution is -2.51. The normalized spacial score (nSPS) is 17.8. The summed E-state index contributed by atoms with van der Waals surface area (Å²) < 4.78 is 4.72. The zero-order chi connectivity index (χ0) is 42.1. The van der Waals surface area contributed by atoms with Gasteiger partial charge in [-0.25, -0.2) is 14.8 Å². The van der Waals surface area contributed by atoms with E-state index >= 15 is 0 Å². The number of ketones is 1. The number of ether oxygens (including phenoxy) is 1. The summed E-state index contributed by atoms with van der Waals surface area (Å²) in [5.41, 5.74) is 6.72. The molecule has 2 fully saturated rings. The van der Waals surface area contributed by atoms with Crippen molar-refractivity contribution in [1.29, 1.82) is 0 Å². The van der Waals surface area contributed by atoms with Gasteiger partial charge in [0.15, 0.2) is 5.78 Å². The molecular weight excluding hydrogens is 757 g/mol. The number of likely N-dealkylation sites (N-methyl/N-ethyl adjacent to an activating group) is 1. The maximum Gasteiger partial charge on any atom is 0.407 e. The number of aromatic nitrogens is 4. The van der Waals surface area contributed by atoms with E-state index in [9.17, 15) is 19.2 Å². The summed E-state index contributed by atoms with van der Waals surface area (Å²) >= 11 is 0. The highest BCUT2D eigenvalue weighted by Crippen LogP contribution is 2.36. The van der Waals surface area contributed by atoms with Crippen LogP contribution in [0.3, 0.4) is 0 Å². The van der Waals surface area contributed by atoms with E-state index in [1.165, 1.54) is 12.0 Å². The zero-order valence-corrected chi connectivity index (χ0v) is 34.5. The van der Waals surface area contributed by atoms with Gasteiger partial charge >= 0.3 is 6.09 Å². The monoisotopic (exact) mass is 806 g/mol. The third kappa shape index (κ3) is 8.04. The first-order valence-electron chi connectivity index (χ1n) is 20.4. The smallest absolute Gasteiger partial charge is 0.407 e. The molecule has 2 aliphatic heterocycles. The predicted octanol–water partition coefficient (Wildman–Crippen LogP) is 7.48. The number of alkyl carbamates (subject to hydrolysis) is 1. The summed E-state index contributed by atoms with van der Waals surface area (Å²) in [6, 6.07) is 29.0. The Bertz CT molecular complexity index is 2530. The van der Waals surface area contributed by atoms with Gasteiger partial charge in [-0.05, 0) is 78.0 Å². The molecule has 0 aliphatic carbocycles. The van der Waals surface area contributed by atoms with Gasteiger partial charge < -0.3 is 29.8 Å². The fraction of sp³-hybridized carbons (Fsp3) is 0.319. The molecule has 2 saturated heterocycles. The highest BCUT2D eigenvalue weighted by Gasteiger charge is 2.41. The average Bonchev–Trinajstić information content (AvgIpc) is 4.09. The molecule has 4 aromatic carbocycles. The van der Waals surface area contributed by atoms with E-state index in [-0.39, 0.29) is 48.6 Å². The fourth-order valence-electron chi connectivity index (χ4n) is 8.55. The van der Waals surface area contributed by atoms with Gasteiger partial charge in [0.1, 0.15) is 23.7 Å². The molecule has 2 aromatic heterocycles. The van der Waals surface area contributed by atoms with Gasteiger partial charge in [-0.15, -0.1) is 0 Å². The molecule has 308 valence electrons. The van der Waals surface area contributed by atoms with Gasteiger partial charge in [-0.1, -0.05) is 92.7 Å². The fourth-order valence-corrected chi connectivity index (χ4v) is 8.55. The molecule has 0 spiro atoms. The number of H-pyrrole nitrogens is 2. The number of carbonyl (C=O) groups excluding carboxylic acids is 4. The Labute approximate surface area is 349 Å². The van der Waals surface area contributed by atoms with Crippen molar-refractivity contribution in [3.63, 3.8) is 0 Å². The second-order valence-corrected chi connectivity index (χ2v) is 16.3. The third-order valence-corrected chi connectivity index (χ3v) is 11.7. The van der Waals surface area contributed by atoms with E-state index in [1.54, 1.807) is 6.20 Å². The van der Waals surface area contributed by atoms with Crippen LogP contribution in [-0.4, -0.2) is 98.7 Å². The van der Waals surface area contributed by atoms with Crippen LogP contribution in [0, 0.1) is 5.92 Å². The zero-order valence-electron chi connectivity index (χ0n) is 34.5. The second kappa shape index (κ2) is 16.9. The van der Waals surface area contributed by atoms with E-state index in [0.717, 1.165) is 68.6 Å². The van der Waals surface area contributed by atoms with Gasteiger partial charge in [0, 0.05) is 18.5 Å². The number of hydrogen-bond acceptors (Lipinski definition) is 8. The average molecular weight is 807 g/mol. The number of nitrogens with one attached hydrogen (secondary N) is 3. The van der Waals surface area contributed by atoms with Crippen LogP contribution in [0.5, 0.6) is 0 Å². The van der Waals surface area contributed by atoms with Gasteiger partial charge in [0.25, 0.3) is 0 Å². The summed E-state index contributed by atoms with van der Waals surface area (Å²) in [7, 11) is 5.14. The van der Waals surface area contributed by atoms with Crippen molar-refractivity contribution >= 4 is 34.5 Å². The van der Waals surface area contributed by atoms with Crippen molar-refractivity contribution in [3.05, 3.63) is 121 Å². The standard InChI is InChI=1S/C47H50N8O5/c1-28(2)41(52-47(59)60-5)45(57)55-27-36(56)24-40(55)44-49-25-37(50-44)30-15-13-29(14-16-30)32-17-18-34-23-35(20-19-33(34)22-32)38-26-48-43(51-38)39-12-9-21-54(39)46(58)42(53(3)4)31-10-7-6-8-11-31/h6-8,10-11,13-20,22-23,25-26,28,39-42H,9,12,21,24,27H2,1-5H3,(H,48,51)(H,49,50)(H,52,59). The van der Waals surface area contributed by atoms with Crippen LogP contribution in [0.25, 0.3) is 44.4 Å². The van der Waals surface area contributed by atoms with Gasteiger partial charge in [0.2, 0.25) is 11.8 Å². The summed E-state index contributed by atoms with van der Waals surface area (Å²) in [5.74, 6) is 0.769. The number of aromatic amines is 2. The highest BCUT2D eigenvalue weighted by molar-refractivity contribution is 5.94. The van der Waals surface area contributed by atoms with Gasteiger partial charge in [-0.2, -0.15) is 0 Å². The van der Waals surface area contributed by atoms with Gasteiger partial charge in [-0.3, -0.25) is 19.3 Å². The Kier molecular flexibility index (Phi) is 11.3. The lowest BCUT2D eigenvalue weighted by Gasteiger charge is -2.31. The van der Waals surface area contributed by atoms with Crippen molar-refractivity contribution in [1.82, 2.24) is 40.0 Å². The van der Waals surface area contributed by atoms with E-state index in [0.29, 0.717) is 12.4 Å². The van der Waals surface area contributed by atoms with Crippen molar-refractivity contribution in [2.75, 3.05) is 34.3 Å². The van der Waals surface area contributed by atoms with Crippen LogP contribution in [0.4, 0.5) is 4.79 Å². The number of nitrogens with zero attached hydrogens (tertiary/aromatic N) is 5. The number of benzene rings is 4. The van der Waals surface area contributed by atoms with Crippen LogP contribution in [0.2, 0.25) is 0 Å². The maximum atomic E-state index is 14.0. The number of carbonyl (C=O) groups is 4. The quantitative estimate of drug-likeness (QED) is 0.122. The number of amides is 3. The van der Waals surface area contributed by atoms with E-state index < -0.39 is 18.2 Å². The topological polar surface area (TPSA) is 157 Å². The molecule has 0 radical (unpaired) electrons. The second-order valence-electron chi connectivity index (χ2n) is 16.3. The molecule has 3 amide bonds. The van der Waals surface area contributed by atoms with E-state index in [1.807, 2.05) is 86.4 Å². The first kappa shape index (κ1) is 40.2. The van der Waals surface area contributed by atoms with Crippen molar-refractivity contribution in [2.45, 2.75) is 57.3 Å². The Hall–Kier alpha value is -6.60. The molecular formula is C47H50N8O5. The van der Waals surface area contributed by atoms with Crippen LogP contribution >= 0.6 is 0 Å². The third-order valence-electron chi connectivity index (χ3n) is 11.7. The van der Waals surface area contributed by atoms with Crippen molar-refractivity contribution in [3.8, 4) is 33.6 Å². The number of hydrogen-bond donors (Lipinski definition) is 3. The summed E-state index contributed by atoms with van der Waals surface area (Å²) in [6.45, 7) is 4.31. The molecule has 4 unspecified atom stereocenters. The molecule has 3 N–H and O–H groups in total. The number of fused-ring (bicyclic) bond motifs is 1. The lowest BCUT2D eigenvalue weighted by atomic mass is 9.98. The SMILES string of the molecule is COC(=O)NC(C(=O)N1CC(=O)CC1c1ncc(-c2ccc(-c3ccc4cc(-c5cnc(C6CCCN6C(=O)C(c6ccccc6)N(C)C)[nH]5)ccc4c3)cc2)[nH]1)C(C)C. The molecule has 60 heavy (non-hydrogen) atoms. The minimum absolute atomic E-state index is 0.0480. The van der Waals surface area contributed by atoms with Crippen LogP contribution in [0.15, 0.2) is 103 Å². The minimum atomic E-state index is -0.843. The van der Waals surface area contributed by atoms with E-state index in [2.05, 4.69) is 68.8 Å². The van der Waals surface area contributed by atoms with Crippen LogP contribution in [-0.2, 0) is 19.1 Å². The number of likely N-dealkylation sites (tertiary alicyclic amines) is 2. The Morgan fingerprint density at radius 3 is 2.02 bits per heavy atom. The lowest BCUT2D eigenvalue weighted by molar-refractivity contribution is -0.137. The Morgan fingerprint density at radius 2 is 1.37 bits per heavy atom. The molecule has 4 heterocycles. The largest absolute Gasteiger partial charge is 0.453 e. The number of Topliss-reactive ketones (excluding diaryl/α,β-unsaturated/α-hetero) is 1. The molecule has 13 nitrogen and oxygen atoms in total. The summed E-state index contributed by atoms with van der Waals surface area (Å²) in [4.78, 5) is 73.8. The molecule has 0 bridgehead atoms. The summed E-state index contributed by atoms with van der Waals surface area (Å²) in [6.07, 6.45) is 4.81. The first-order valence-corrected chi connectivity index (χ1v) is 20.4. The minimum Gasteiger partial charge on any atom is -0.453 e. The molecule has 2 aliphatic rings. The molecule has 8 rings (SSSR count). The van der Waals surface area contributed by atoms with Crippen LogP contribution < -0.4 is 5.32 Å². The van der Waals surface area contributed by atoms with Crippen molar-refractivity contribution < 1.29 is 23.9 Å². The first-order chi connectivity index (χ1) is 29.0. The summed E-state index contributed by atoms with van der Waals surface area (Å²) in [5, 5.41) is 4.82. The molecule has 0 saturated carbocycles. The molecule has 6 aromatic rings. The molecule has 13 heteroatoms. The maximum absolute atomic E-state index is 14.0. The number of methoxy groups -OCH3 is 1. The van der Waals surface area contributed by atoms with Gasteiger partial charge in [0.05, 0.1) is 49.5 Å². The Balaban J connectivity index is 0.952. The Morgan fingerprint density at radius 1 is 0.767 bits per heavy atom. The van der Waals surface area contributed by atoms with E-state index in [4.69, 9.17) is 9.72 Å².